The zero-order chi connectivity index (χ0) is 10.3. The van der Waals surface area contributed by atoms with E-state index in [-0.39, 0.29) is 18.3 Å². The van der Waals surface area contributed by atoms with Gasteiger partial charge >= 0.3 is 11.9 Å². The number of hydrogen-bond donors (Lipinski definition) is 3. The summed E-state index contributed by atoms with van der Waals surface area (Å²) in [5.41, 5.74) is 0. The predicted molar refractivity (Wildman–Crippen MR) is 44.5 cm³/mol. The van der Waals surface area contributed by atoms with Crippen molar-refractivity contribution >= 4 is 11.9 Å². The number of carbonyl (C=O) groups excluding carboxylic acids is 1. The highest BCUT2D eigenvalue weighted by Gasteiger charge is 2.13. The second-order valence-electron chi connectivity index (χ2n) is 2.37. The van der Waals surface area contributed by atoms with Gasteiger partial charge in [-0.05, 0) is 0 Å². The van der Waals surface area contributed by atoms with E-state index in [9.17, 15) is 9.59 Å². The standard InChI is InChI=1S/C7H12O6.H2O/c8-3-5(4-9)13-7(12)2-1-6(10)11;/h5,8-9H,1-4H2,(H,10,11);1H2. The van der Waals surface area contributed by atoms with Gasteiger partial charge < -0.3 is 25.5 Å². The fourth-order valence-corrected chi connectivity index (χ4v) is 0.586. The van der Waals surface area contributed by atoms with E-state index >= 15 is 0 Å². The third-order valence-corrected chi connectivity index (χ3v) is 1.25. The second-order valence-corrected chi connectivity index (χ2v) is 2.37. The lowest BCUT2D eigenvalue weighted by molar-refractivity contribution is -0.155. The van der Waals surface area contributed by atoms with Crippen LogP contribution in [0.3, 0.4) is 0 Å². The van der Waals surface area contributed by atoms with Crippen LogP contribution in [0.15, 0.2) is 0 Å². The summed E-state index contributed by atoms with van der Waals surface area (Å²) in [6.07, 6.45) is -1.53. The van der Waals surface area contributed by atoms with Gasteiger partial charge in [0.25, 0.3) is 0 Å². The highest BCUT2D eigenvalue weighted by molar-refractivity contribution is 5.76. The normalized spacial score (nSPS) is 9.36. The number of ether oxygens (including phenoxy) is 1. The number of aliphatic hydroxyl groups is 2. The van der Waals surface area contributed by atoms with Crippen molar-refractivity contribution in [1.29, 1.82) is 0 Å². The fourth-order valence-electron chi connectivity index (χ4n) is 0.586. The van der Waals surface area contributed by atoms with Gasteiger partial charge in [-0.15, -0.1) is 0 Å². The van der Waals surface area contributed by atoms with Gasteiger partial charge in [0, 0.05) is 0 Å². The predicted octanol–water partition coefficient (Wildman–Crippen LogP) is -2.08. The van der Waals surface area contributed by atoms with Crippen LogP contribution in [0.5, 0.6) is 0 Å². The molecule has 0 unspecified atom stereocenters. The van der Waals surface area contributed by atoms with E-state index in [1.807, 2.05) is 0 Å². The molecule has 7 nitrogen and oxygen atoms in total. The average Bonchev–Trinajstić information content (AvgIpc) is 2.10. The molecule has 0 atom stereocenters. The Kier molecular flexibility index (Phi) is 9.20. The van der Waals surface area contributed by atoms with Gasteiger partial charge in [-0.25, -0.2) is 0 Å². The molecule has 0 aromatic rings. The van der Waals surface area contributed by atoms with Gasteiger partial charge in [0.05, 0.1) is 26.1 Å². The Hall–Kier alpha value is -1.18. The van der Waals surface area contributed by atoms with Gasteiger partial charge in [-0.3, -0.25) is 9.59 Å². The summed E-state index contributed by atoms with van der Waals surface area (Å²) in [4.78, 5) is 20.8. The molecule has 0 amide bonds. The molecule has 0 heterocycles. The van der Waals surface area contributed by atoms with Crippen molar-refractivity contribution in [2.75, 3.05) is 13.2 Å². The molecule has 0 bridgehead atoms. The first kappa shape index (κ1) is 15.3. The Morgan fingerprint density at radius 2 is 1.64 bits per heavy atom. The maximum atomic E-state index is 10.8. The number of hydrogen-bond acceptors (Lipinski definition) is 5. The smallest absolute Gasteiger partial charge is 0.306 e. The van der Waals surface area contributed by atoms with Crippen molar-refractivity contribution in [3.05, 3.63) is 0 Å². The minimum atomic E-state index is -1.10. The Morgan fingerprint density at radius 1 is 1.14 bits per heavy atom. The van der Waals surface area contributed by atoms with Gasteiger partial charge in [0.15, 0.2) is 0 Å². The molecule has 0 aliphatic rings. The summed E-state index contributed by atoms with van der Waals surface area (Å²) in [7, 11) is 0. The molecule has 0 radical (unpaired) electrons. The van der Waals surface area contributed by atoms with Crippen LogP contribution in [0.4, 0.5) is 0 Å². The molecule has 7 heteroatoms. The first-order valence-electron chi connectivity index (χ1n) is 3.73. The summed E-state index contributed by atoms with van der Waals surface area (Å²) < 4.78 is 4.50. The second kappa shape index (κ2) is 8.42. The zero-order valence-electron chi connectivity index (χ0n) is 7.47. The maximum absolute atomic E-state index is 10.8. The Labute approximate surface area is 80.2 Å². The van der Waals surface area contributed by atoms with E-state index in [2.05, 4.69) is 4.74 Å². The third kappa shape index (κ3) is 7.47. The first-order valence-corrected chi connectivity index (χ1v) is 3.73. The van der Waals surface area contributed by atoms with E-state index in [1.54, 1.807) is 0 Å². The van der Waals surface area contributed by atoms with Crippen molar-refractivity contribution in [2.24, 2.45) is 0 Å². The van der Waals surface area contributed by atoms with E-state index in [4.69, 9.17) is 15.3 Å². The lowest BCUT2D eigenvalue weighted by Crippen LogP contribution is -2.25. The summed E-state index contributed by atoms with van der Waals surface area (Å²) in [5.74, 6) is -1.84. The molecule has 0 fully saturated rings. The van der Waals surface area contributed by atoms with Crippen LogP contribution in [0.2, 0.25) is 0 Å². The number of rotatable bonds is 6. The summed E-state index contributed by atoms with van der Waals surface area (Å²) >= 11 is 0. The molecule has 14 heavy (non-hydrogen) atoms. The summed E-state index contributed by atoms with van der Waals surface area (Å²) in [5, 5.41) is 25.2. The van der Waals surface area contributed by atoms with Crippen LogP contribution in [0.25, 0.3) is 0 Å². The topological polar surface area (TPSA) is 136 Å². The molecule has 84 valence electrons. The van der Waals surface area contributed by atoms with Crippen molar-refractivity contribution in [3.8, 4) is 0 Å². The first-order chi connectivity index (χ1) is 6.10. The molecule has 0 saturated carbocycles. The maximum Gasteiger partial charge on any atom is 0.306 e. The Bertz CT molecular complexity index is 175. The van der Waals surface area contributed by atoms with E-state index < -0.39 is 31.3 Å². The van der Waals surface area contributed by atoms with Crippen LogP contribution in [0, 0.1) is 0 Å². The number of esters is 1. The molecule has 5 N–H and O–H groups in total. The Balaban J connectivity index is 0. The van der Waals surface area contributed by atoms with Gasteiger partial charge in [-0.1, -0.05) is 0 Å². The minimum Gasteiger partial charge on any atom is -0.481 e. The van der Waals surface area contributed by atoms with E-state index in [0.717, 1.165) is 0 Å². The molecule has 0 aliphatic carbocycles. The van der Waals surface area contributed by atoms with Crippen LogP contribution in [0.1, 0.15) is 12.8 Å². The zero-order valence-corrected chi connectivity index (χ0v) is 7.47. The van der Waals surface area contributed by atoms with Crippen LogP contribution in [-0.4, -0.2) is 52.1 Å². The van der Waals surface area contributed by atoms with Crippen molar-refractivity contribution < 1.29 is 35.1 Å². The van der Waals surface area contributed by atoms with Crippen molar-refractivity contribution in [1.82, 2.24) is 0 Å². The molecule has 0 aromatic carbocycles. The van der Waals surface area contributed by atoms with Crippen molar-refractivity contribution in [2.45, 2.75) is 18.9 Å². The fraction of sp³-hybridized carbons (Fsp3) is 0.714. The lowest BCUT2D eigenvalue weighted by Gasteiger charge is -2.11. The molecule has 0 saturated heterocycles. The molecule has 0 aromatic heterocycles. The van der Waals surface area contributed by atoms with Gasteiger partial charge in [0.2, 0.25) is 0 Å². The number of aliphatic carboxylic acids is 1. The number of aliphatic hydroxyl groups excluding tert-OH is 2. The highest BCUT2D eigenvalue weighted by atomic mass is 16.6. The molecular formula is C7H14O7. The van der Waals surface area contributed by atoms with E-state index in [1.165, 1.54) is 0 Å². The molecule has 0 spiro atoms. The largest absolute Gasteiger partial charge is 0.481 e. The quantitative estimate of drug-likeness (QED) is 0.430. The number of carbonyl (C=O) groups is 2. The van der Waals surface area contributed by atoms with Gasteiger partial charge in [-0.2, -0.15) is 0 Å². The highest BCUT2D eigenvalue weighted by Crippen LogP contribution is 1.97. The van der Waals surface area contributed by atoms with Crippen LogP contribution < -0.4 is 0 Å². The number of carboxylic acid groups (broad SMARTS) is 1. The van der Waals surface area contributed by atoms with E-state index in [0.29, 0.717) is 0 Å². The monoisotopic (exact) mass is 210 g/mol. The summed E-state index contributed by atoms with van der Waals surface area (Å²) in [6.45, 7) is -0.954. The lowest BCUT2D eigenvalue weighted by atomic mass is 10.3. The summed E-state index contributed by atoms with van der Waals surface area (Å²) in [6, 6.07) is 0. The molecular weight excluding hydrogens is 196 g/mol. The van der Waals surface area contributed by atoms with Crippen molar-refractivity contribution in [3.63, 3.8) is 0 Å². The minimum absolute atomic E-state index is 0. The molecule has 0 aliphatic heterocycles. The Morgan fingerprint density at radius 3 is 2.00 bits per heavy atom. The average molecular weight is 210 g/mol. The van der Waals surface area contributed by atoms with Crippen LogP contribution >= 0.6 is 0 Å². The van der Waals surface area contributed by atoms with Crippen LogP contribution in [-0.2, 0) is 14.3 Å². The third-order valence-electron chi connectivity index (χ3n) is 1.25. The molecule has 0 rings (SSSR count). The SMILES string of the molecule is O.O=C(O)CCC(=O)OC(CO)CO. The number of carboxylic acids is 1. The van der Waals surface area contributed by atoms with Gasteiger partial charge in [0.1, 0.15) is 6.10 Å².